The van der Waals surface area contributed by atoms with E-state index < -0.39 is 0 Å². The van der Waals surface area contributed by atoms with Gasteiger partial charge in [0.1, 0.15) is 22.9 Å². The first kappa shape index (κ1) is 12.2. The van der Waals surface area contributed by atoms with Crippen molar-refractivity contribution in [2.75, 3.05) is 0 Å². The molecule has 0 aromatic carbocycles. The fraction of sp³-hybridized carbons (Fsp3) is 0.286. The van der Waals surface area contributed by atoms with Gasteiger partial charge in [-0.15, -0.1) is 11.6 Å². The summed E-state index contributed by atoms with van der Waals surface area (Å²) in [4.78, 5) is 9.05. The van der Waals surface area contributed by atoms with Crippen molar-refractivity contribution in [1.29, 1.82) is 0 Å². The Morgan fingerprint density at radius 2 is 2.00 bits per heavy atom. The third-order valence-corrected chi connectivity index (χ3v) is 3.28. The second-order valence-electron chi connectivity index (χ2n) is 4.56. The molecule has 4 nitrogen and oxygen atoms in total. The Kier molecular flexibility index (Phi) is 3.03. The molecule has 3 heterocycles. The highest BCUT2D eigenvalue weighted by Gasteiger charge is 2.13. The molecule has 0 spiro atoms. The SMILES string of the molecule is Cc1ccc2nc(CCl)n(Cc3ccc(C)o3)c2n1. The van der Waals surface area contributed by atoms with E-state index in [-0.39, 0.29) is 0 Å². The highest BCUT2D eigenvalue weighted by molar-refractivity contribution is 6.16. The van der Waals surface area contributed by atoms with Crippen LogP contribution in [0.25, 0.3) is 11.2 Å². The Labute approximate surface area is 116 Å². The van der Waals surface area contributed by atoms with Crippen molar-refractivity contribution in [2.24, 2.45) is 0 Å². The molecule has 0 amide bonds. The van der Waals surface area contributed by atoms with E-state index in [1.165, 1.54) is 0 Å². The number of fused-ring (bicyclic) bond motifs is 1. The maximum Gasteiger partial charge on any atom is 0.160 e. The molecule has 3 aromatic heterocycles. The second kappa shape index (κ2) is 4.70. The van der Waals surface area contributed by atoms with Gasteiger partial charge in [0.15, 0.2) is 5.65 Å². The lowest BCUT2D eigenvalue weighted by atomic mass is 10.3. The maximum absolute atomic E-state index is 5.97. The summed E-state index contributed by atoms with van der Waals surface area (Å²) in [6.45, 7) is 4.50. The van der Waals surface area contributed by atoms with Crippen molar-refractivity contribution in [3.63, 3.8) is 0 Å². The third kappa shape index (κ3) is 2.24. The first-order valence-electron chi connectivity index (χ1n) is 6.11. The van der Waals surface area contributed by atoms with Gasteiger partial charge in [-0.25, -0.2) is 9.97 Å². The number of nitrogens with zero attached hydrogens (tertiary/aromatic N) is 3. The molecular formula is C14H14ClN3O. The standard InChI is InChI=1S/C14H14ClN3O/c1-9-3-6-12-14(16-9)18(13(7-15)17-12)8-11-5-4-10(2)19-11/h3-6H,7-8H2,1-2H3. The van der Waals surface area contributed by atoms with Crippen LogP contribution in [-0.4, -0.2) is 14.5 Å². The van der Waals surface area contributed by atoms with Crippen LogP contribution < -0.4 is 0 Å². The molecule has 0 saturated carbocycles. The Bertz CT molecular complexity index is 729. The number of aryl methyl sites for hydroxylation is 2. The molecule has 0 N–H and O–H groups in total. The molecule has 0 bridgehead atoms. The average Bonchev–Trinajstić information content (AvgIpc) is 2.94. The van der Waals surface area contributed by atoms with Gasteiger partial charge in [0.25, 0.3) is 0 Å². The van der Waals surface area contributed by atoms with E-state index in [1.54, 1.807) is 0 Å². The quantitative estimate of drug-likeness (QED) is 0.688. The minimum atomic E-state index is 0.356. The van der Waals surface area contributed by atoms with E-state index in [0.717, 1.165) is 34.2 Å². The smallest absolute Gasteiger partial charge is 0.160 e. The summed E-state index contributed by atoms with van der Waals surface area (Å²) in [5, 5.41) is 0. The number of halogens is 1. The van der Waals surface area contributed by atoms with E-state index in [4.69, 9.17) is 16.0 Å². The molecule has 98 valence electrons. The van der Waals surface area contributed by atoms with Crippen LogP contribution in [0.1, 0.15) is 23.0 Å². The van der Waals surface area contributed by atoms with Crippen LogP contribution in [0, 0.1) is 13.8 Å². The molecule has 5 heteroatoms. The van der Waals surface area contributed by atoms with Crippen LogP contribution in [0.4, 0.5) is 0 Å². The summed E-state index contributed by atoms with van der Waals surface area (Å²) in [6, 6.07) is 7.84. The van der Waals surface area contributed by atoms with E-state index in [0.29, 0.717) is 12.4 Å². The summed E-state index contributed by atoms with van der Waals surface area (Å²) < 4.78 is 7.62. The highest BCUT2D eigenvalue weighted by Crippen LogP contribution is 2.19. The Morgan fingerprint density at radius 1 is 1.16 bits per heavy atom. The van der Waals surface area contributed by atoms with Gasteiger partial charge >= 0.3 is 0 Å². The zero-order valence-electron chi connectivity index (χ0n) is 10.9. The van der Waals surface area contributed by atoms with Crippen LogP contribution >= 0.6 is 11.6 Å². The largest absolute Gasteiger partial charge is 0.464 e. The second-order valence-corrected chi connectivity index (χ2v) is 4.82. The number of furan rings is 1. The zero-order valence-corrected chi connectivity index (χ0v) is 11.6. The zero-order chi connectivity index (χ0) is 13.4. The number of rotatable bonds is 3. The van der Waals surface area contributed by atoms with Crippen LogP contribution in [0.3, 0.4) is 0 Å². The number of alkyl halides is 1. The van der Waals surface area contributed by atoms with Gasteiger partial charge in [-0.3, -0.25) is 0 Å². The van der Waals surface area contributed by atoms with Gasteiger partial charge in [-0.2, -0.15) is 0 Å². The van der Waals surface area contributed by atoms with Crippen molar-refractivity contribution in [1.82, 2.24) is 14.5 Å². The molecule has 0 aliphatic carbocycles. The molecule has 0 fully saturated rings. The third-order valence-electron chi connectivity index (χ3n) is 3.04. The van der Waals surface area contributed by atoms with Crippen LogP contribution in [0.5, 0.6) is 0 Å². The van der Waals surface area contributed by atoms with Gasteiger partial charge < -0.3 is 8.98 Å². The Hall–Kier alpha value is -1.81. The Balaban J connectivity index is 2.12. The molecule has 0 aliphatic rings. The summed E-state index contributed by atoms with van der Waals surface area (Å²) >= 11 is 5.97. The predicted octanol–water partition coefficient (Wildman–Crippen LogP) is 3.43. The number of aromatic nitrogens is 3. The van der Waals surface area contributed by atoms with Gasteiger partial charge in [0, 0.05) is 5.69 Å². The average molecular weight is 276 g/mol. The number of hydrogen-bond acceptors (Lipinski definition) is 3. The summed E-state index contributed by atoms with van der Waals surface area (Å²) in [7, 11) is 0. The lowest BCUT2D eigenvalue weighted by Gasteiger charge is -2.05. The van der Waals surface area contributed by atoms with E-state index in [9.17, 15) is 0 Å². The topological polar surface area (TPSA) is 43.9 Å². The van der Waals surface area contributed by atoms with Gasteiger partial charge in [0.2, 0.25) is 0 Å². The molecule has 3 aromatic rings. The summed E-state index contributed by atoms with van der Waals surface area (Å²) in [5.74, 6) is 2.95. The minimum absolute atomic E-state index is 0.356. The summed E-state index contributed by atoms with van der Waals surface area (Å²) in [6.07, 6.45) is 0. The maximum atomic E-state index is 5.97. The summed E-state index contributed by atoms with van der Waals surface area (Å²) in [5.41, 5.74) is 2.68. The molecule has 19 heavy (non-hydrogen) atoms. The fourth-order valence-electron chi connectivity index (χ4n) is 2.14. The molecule has 0 aliphatic heterocycles. The Morgan fingerprint density at radius 3 is 2.68 bits per heavy atom. The van der Waals surface area contributed by atoms with Gasteiger partial charge in [-0.05, 0) is 38.1 Å². The minimum Gasteiger partial charge on any atom is -0.464 e. The number of hydrogen-bond donors (Lipinski definition) is 0. The van der Waals surface area contributed by atoms with Crippen molar-refractivity contribution < 1.29 is 4.42 Å². The number of imidazole rings is 1. The fourth-order valence-corrected chi connectivity index (χ4v) is 2.34. The monoisotopic (exact) mass is 275 g/mol. The van der Waals surface area contributed by atoms with Crippen molar-refractivity contribution in [3.05, 3.63) is 47.3 Å². The first-order chi connectivity index (χ1) is 9.17. The van der Waals surface area contributed by atoms with Gasteiger partial charge in [-0.1, -0.05) is 0 Å². The normalized spacial score (nSPS) is 11.3. The van der Waals surface area contributed by atoms with Gasteiger partial charge in [0.05, 0.1) is 12.4 Å². The van der Waals surface area contributed by atoms with Crippen molar-refractivity contribution >= 4 is 22.8 Å². The molecule has 0 atom stereocenters. The van der Waals surface area contributed by atoms with Crippen molar-refractivity contribution in [3.8, 4) is 0 Å². The van der Waals surface area contributed by atoms with Crippen LogP contribution in [-0.2, 0) is 12.4 Å². The molecule has 3 rings (SSSR count). The van der Waals surface area contributed by atoms with E-state index >= 15 is 0 Å². The van der Waals surface area contributed by atoms with E-state index in [2.05, 4.69) is 9.97 Å². The van der Waals surface area contributed by atoms with Crippen LogP contribution in [0.15, 0.2) is 28.7 Å². The lowest BCUT2D eigenvalue weighted by Crippen LogP contribution is -2.04. The lowest BCUT2D eigenvalue weighted by molar-refractivity contribution is 0.469. The first-order valence-corrected chi connectivity index (χ1v) is 6.65. The van der Waals surface area contributed by atoms with E-state index in [1.807, 2.05) is 42.7 Å². The highest BCUT2D eigenvalue weighted by atomic mass is 35.5. The number of pyridine rings is 1. The molecule has 0 unspecified atom stereocenters. The molecule has 0 radical (unpaired) electrons. The van der Waals surface area contributed by atoms with Crippen molar-refractivity contribution in [2.45, 2.75) is 26.3 Å². The molecule has 0 saturated heterocycles. The van der Waals surface area contributed by atoms with Crippen LogP contribution in [0.2, 0.25) is 0 Å². The molecular weight excluding hydrogens is 262 g/mol. The predicted molar refractivity (Wildman–Crippen MR) is 74.4 cm³/mol.